The zero-order valence-electron chi connectivity index (χ0n) is 10.4. The fourth-order valence-electron chi connectivity index (χ4n) is 1.81. The van der Waals surface area contributed by atoms with Gasteiger partial charge in [0.25, 0.3) is 0 Å². The summed E-state index contributed by atoms with van der Waals surface area (Å²) in [6.45, 7) is 4.44. The minimum atomic E-state index is 0.111. The Morgan fingerprint density at radius 3 is 2.44 bits per heavy atom. The van der Waals surface area contributed by atoms with E-state index in [9.17, 15) is 4.79 Å². The largest absolute Gasteiger partial charge is 0.359 e. The SMILES string of the molecule is CNC(=O)CCc1ccccc1CC(C)C. The normalized spacial score (nSPS) is 10.5. The summed E-state index contributed by atoms with van der Waals surface area (Å²) in [5.74, 6) is 0.764. The average molecular weight is 219 g/mol. The summed E-state index contributed by atoms with van der Waals surface area (Å²) < 4.78 is 0. The van der Waals surface area contributed by atoms with Crippen LogP contribution >= 0.6 is 0 Å². The van der Waals surface area contributed by atoms with Gasteiger partial charge in [-0.1, -0.05) is 38.1 Å². The molecule has 0 heterocycles. The Hall–Kier alpha value is -1.31. The van der Waals surface area contributed by atoms with Crippen molar-refractivity contribution in [1.29, 1.82) is 0 Å². The van der Waals surface area contributed by atoms with Crippen LogP contribution in [0.1, 0.15) is 31.4 Å². The molecule has 0 aliphatic carbocycles. The molecule has 0 aliphatic rings. The second-order valence-corrected chi connectivity index (χ2v) is 4.54. The fraction of sp³-hybridized carbons (Fsp3) is 0.500. The van der Waals surface area contributed by atoms with Gasteiger partial charge in [-0.25, -0.2) is 0 Å². The molecular formula is C14H21NO. The first-order valence-corrected chi connectivity index (χ1v) is 5.91. The van der Waals surface area contributed by atoms with Gasteiger partial charge in [-0.2, -0.15) is 0 Å². The van der Waals surface area contributed by atoms with Crippen LogP contribution in [0.5, 0.6) is 0 Å². The lowest BCUT2D eigenvalue weighted by Crippen LogP contribution is -2.18. The molecule has 0 saturated carbocycles. The van der Waals surface area contributed by atoms with Crippen LogP contribution in [-0.2, 0) is 17.6 Å². The first kappa shape index (κ1) is 12.8. The molecule has 0 atom stereocenters. The van der Waals surface area contributed by atoms with E-state index in [2.05, 4.69) is 37.4 Å². The lowest BCUT2D eigenvalue weighted by Gasteiger charge is -2.11. The summed E-state index contributed by atoms with van der Waals surface area (Å²) in [6, 6.07) is 8.41. The molecule has 0 spiro atoms. The molecule has 1 rings (SSSR count). The number of hydrogen-bond donors (Lipinski definition) is 1. The Morgan fingerprint density at radius 1 is 1.25 bits per heavy atom. The van der Waals surface area contributed by atoms with E-state index in [0.29, 0.717) is 12.3 Å². The lowest BCUT2D eigenvalue weighted by atomic mass is 9.95. The van der Waals surface area contributed by atoms with E-state index in [1.54, 1.807) is 7.05 Å². The van der Waals surface area contributed by atoms with E-state index in [1.165, 1.54) is 11.1 Å². The molecule has 16 heavy (non-hydrogen) atoms. The van der Waals surface area contributed by atoms with Crippen LogP contribution in [0.3, 0.4) is 0 Å². The molecule has 0 fully saturated rings. The molecule has 0 bridgehead atoms. The number of amides is 1. The molecule has 0 unspecified atom stereocenters. The number of benzene rings is 1. The van der Waals surface area contributed by atoms with Crippen LogP contribution in [0.25, 0.3) is 0 Å². The van der Waals surface area contributed by atoms with E-state index in [4.69, 9.17) is 0 Å². The Morgan fingerprint density at radius 2 is 1.88 bits per heavy atom. The Labute approximate surface area is 98.1 Å². The molecule has 1 N–H and O–H groups in total. The number of carbonyl (C=O) groups is 1. The Balaban J connectivity index is 2.67. The quantitative estimate of drug-likeness (QED) is 0.810. The van der Waals surface area contributed by atoms with E-state index in [1.807, 2.05) is 6.07 Å². The lowest BCUT2D eigenvalue weighted by molar-refractivity contribution is -0.120. The minimum Gasteiger partial charge on any atom is -0.359 e. The predicted octanol–water partition coefficient (Wildman–Crippen LogP) is 2.56. The summed E-state index contributed by atoms with van der Waals surface area (Å²) in [7, 11) is 1.68. The first-order chi connectivity index (χ1) is 7.63. The highest BCUT2D eigenvalue weighted by Crippen LogP contribution is 2.15. The minimum absolute atomic E-state index is 0.111. The number of aryl methyl sites for hydroxylation is 1. The predicted molar refractivity (Wildman–Crippen MR) is 67.4 cm³/mol. The monoisotopic (exact) mass is 219 g/mol. The third kappa shape index (κ3) is 4.05. The molecule has 2 nitrogen and oxygen atoms in total. The number of nitrogens with one attached hydrogen (secondary N) is 1. The summed E-state index contributed by atoms with van der Waals surface area (Å²) in [6.07, 6.45) is 2.50. The Bertz CT molecular complexity index is 344. The molecule has 88 valence electrons. The van der Waals surface area contributed by atoms with Gasteiger partial charge in [0.1, 0.15) is 0 Å². The van der Waals surface area contributed by atoms with Gasteiger partial charge in [-0.3, -0.25) is 4.79 Å². The molecule has 0 aliphatic heterocycles. The van der Waals surface area contributed by atoms with Crippen molar-refractivity contribution < 1.29 is 4.79 Å². The van der Waals surface area contributed by atoms with Crippen molar-refractivity contribution in [3.05, 3.63) is 35.4 Å². The van der Waals surface area contributed by atoms with Crippen LogP contribution in [0.4, 0.5) is 0 Å². The molecule has 2 heteroatoms. The second kappa shape index (κ2) is 6.31. The maximum absolute atomic E-state index is 11.2. The van der Waals surface area contributed by atoms with Crippen molar-refractivity contribution in [1.82, 2.24) is 5.32 Å². The van der Waals surface area contributed by atoms with Crippen LogP contribution in [0.15, 0.2) is 24.3 Å². The second-order valence-electron chi connectivity index (χ2n) is 4.54. The highest BCUT2D eigenvalue weighted by atomic mass is 16.1. The van der Waals surface area contributed by atoms with E-state index in [-0.39, 0.29) is 5.91 Å². The highest BCUT2D eigenvalue weighted by Gasteiger charge is 2.06. The zero-order valence-corrected chi connectivity index (χ0v) is 10.4. The van der Waals surface area contributed by atoms with Gasteiger partial charge in [0.15, 0.2) is 0 Å². The summed E-state index contributed by atoms with van der Waals surface area (Å²) in [5.41, 5.74) is 2.68. The number of hydrogen-bond acceptors (Lipinski definition) is 1. The number of rotatable bonds is 5. The smallest absolute Gasteiger partial charge is 0.220 e. The molecule has 1 aromatic rings. The molecule has 1 aromatic carbocycles. The molecule has 1 amide bonds. The maximum atomic E-state index is 11.2. The van der Waals surface area contributed by atoms with Gasteiger partial charge in [-0.15, -0.1) is 0 Å². The van der Waals surface area contributed by atoms with Crippen molar-refractivity contribution in [2.45, 2.75) is 33.1 Å². The van der Waals surface area contributed by atoms with E-state index < -0.39 is 0 Å². The molecular weight excluding hydrogens is 198 g/mol. The van der Waals surface area contributed by atoms with Crippen molar-refractivity contribution in [2.75, 3.05) is 7.05 Å². The Kier molecular flexibility index (Phi) is 5.03. The van der Waals surface area contributed by atoms with Gasteiger partial charge in [0.05, 0.1) is 0 Å². The van der Waals surface area contributed by atoms with E-state index >= 15 is 0 Å². The van der Waals surface area contributed by atoms with Gasteiger partial charge >= 0.3 is 0 Å². The van der Waals surface area contributed by atoms with Crippen LogP contribution < -0.4 is 5.32 Å². The standard InChI is InChI=1S/C14H21NO/c1-11(2)10-13-7-5-4-6-12(13)8-9-14(16)15-3/h4-7,11H,8-10H2,1-3H3,(H,15,16). The van der Waals surface area contributed by atoms with Gasteiger partial charge in [-0.05, 0) is 29.9 Å². The van der Waals surface area contributed by atoms with E-state index in [0.717, 1.165) is 12.8 Å². The van der Waals surface area contributed by atoms with Crippen molar-refractivity contribution in [3.63, 3.8) is 0 Å². The first-order valence-electron chi connectivity index (χ1n) is 5.91. The highest BCUT2D eigenvalue weighted by molar-refractivity contribution is 5.75. The van der Waals surface area contributed by atoms with Gasteiger partial charge in [0, 0.05) is 13.5 Å². The van der Waals surface area contributed by atoms with Gasteiger partial charge in [0.2, 0.25) is 5.91 Å². The summed E-state index contributed by atoms with van der Waals surface area (Å²) in [4.78, 5) is 11.2. The average Bonchev–Trinajstić information content (AvgIpc) is 2.26. The van der Waals surface area contributed by atoms with Gasteiger partial charge < -0.3 is 5.32 Å². The molecule has 0 saturated heterocycles. The third-order valence-electron chi connectivity index (χ3n) is 2.65. The van der Waals surface area contributed by atoms with Crippen molar-refractivity contribution >= 4 is 5.91 Å². The zero-order chi connectivity index (χ0) is 12.0. The van der Waals surface area contributed by atoms with Crippen molar-refractivity contribution in [3.8, 4) is 0 Å². The molecule has 0 radical (unpaired) electrons. The van der Waals surface area contributed by atoms with Crippen LogP contribution in [0, 0.1) is 5.92 Å². The fourth-order valence-corrected chi connectivity index (χ4v) is 1.81. The third-order valence-corrected chi connectivity index (χ3v) is 2.65. The number of carbonyl (C=O) groups excluding carboxylic acids is 1. The van der Waals surface area contributed by atoms with Crippen LogP contribution in [0.2, 0.25) is 0 Å². The topological polar surface area (TPSA) is 29.1 Å². The summed E-state index contributed by atoms with van der Waals surface area (Å²) in [5, 5.41) is 2.66. The maximum Gasteiger partial charge on any atom is 0.220 e. The summed E-state index contributed by atoms with van der Waals surface area (Å²) >= 11 is 0. The van der Waals surface area contributed by atoms with Crippen molar-refractivity contribution in [2.24, 2.45) is 5.92 Å². The molecule has 0 aromatic heterocycles. The van der Waals surface area contributed by atoms with Crippen LogP contribution in [-0.4, -0.2) is 13.0 Å².